The Morgan fingerprint density at radius 3 is 2.48 bits per heavy atom. The maximum Gasteiger partial charge on any atom is 0.261 e. The van der Waals surface area contributed by atoms with Crippen molar-refractivity contribution in [2.45, 2.75) is 20.3 Å². The number of rotatable bonds is 10. The Morgan fingerprint density at radius 1 is 0.977 bits per heavy atom. The third-order valence-electron chi connectivity index (χ3n) is 7.65. The zero-order valence-electron chi connectivity index (χ0n) is 25.2. The highest BCUT2D eigenvalue weighted by Crippen LogP contribution is 2.30. The Kier molecular flexibility index (Phi) is 9.57. The molecule has 3 aromatic carbocycles. The number of allylic oxidation sites excluding steroid dienone is 1. The van der Waals surface area contributed by atoms with Crippen LogP contribution < -0.4 is 20.9 Å². The summed E-state index contributed by atoms with van der Waals surface area (Å²) in [4.78, 5) is 39.7. The number of halogens is 1. The third-order valence-corrected chi connectivity index (χ3v) is 7.97. The highest BCUT2D eigenvalue weighted by molar-refractivity contribution is 6.34. The van der Waals surface area contributed by atoms with Gasteiger partial charge in [0.05, 0.1) is 10.7 Å². The maximum absolute atomic E-state index is 13.6. The molecule has 1 aromatic heterocycles. The number of hydrogen-bond donors (Lipinski definition) is 3. The number of para-hydroxylation sites is 2. The van der Waals surface area contributed by atoms with E-state index in [4.69, 9.17) is 16.6 Å². The highest BCUT2D eigenvalue weighted by atomic mass is 35.5. The molecule has 0 radical (unpaired) electrons. The second kappa shape index (κ2) is 13.7. The summed E-state index contributed by atoms with van der Waals surface area (Å²) >= 11 is 6.39. The van der Waals surface area contributed by atoms with Crippen LogP contribution in [0.4, 0.5) is 34.5 Å². The van der Waals surface area contributed by atoms with Crippen LogP contribution in [0.1, 0.15) is 27.0 Å². The molecule has 1 saturated heterocycles. The van der Waals surface area contributed by atoms with Crippen LogP contribution in [0, 0.1) is 13.8 Å². The van der Waals surface area contributed by atoms with Crippen molar-refractivity contribution in [3.8, 4) is 0 Å². The average Bonchev–Trinajstić information content (AvgIpc) is 3.01. The lowest BCUT2D eigenvalue weighted by Crippen LogP contribution is -2.44. The van der Waals surface area contributed by atoms with Crippen molar-refractivity contribution in [1.82, 2.24) is 14.9 Å². The van der Waals surface area contributed by atoms with Crippen LogP contribution in [0.15, 0.2) is 79.5 Å². The predicted octanol–water partition coefficient (Wildman–Crippen LogP) is 6.54. The molecule has 1 aliphatic heterocycles. The number of ketones is 1. The lowest BCUT2D eigenvalue weighted by Gasteiger charge is -2.35. The second-order valence-corrected chi connectivity index (χ2v) is 11.3. The first-order valence-electron chi connectivity index (χ1n) is 14.5. The molecule has 0 aliphatic carbocycles. The van der Waals surface area contributed by atoms with Gasteiger partial charge < -0.3 is 25.8 Å². The van der Waals surface area contributed by atoms with Gasteiger partial charge >= 0.3 is 0 Å². The number of hydrogen-bond acceptors (Lipinski definition) is 8. The molecule has 0 atom stereocenters. The fourth-order valence-corrected chi connectivity index (χ4v) is 5.39. The van der Waals surface area contributed by atoms with Gasteiger partial charge in [-0.3, -0.25) is 9.59 Å². The zero-order valence-corrected chi connectivity index (χ0v) is 25.9. The molecule has 10 heteroatoms. The van der Waals surface area contributed by atoms with Crippen molar-refractivity contribution in [3.63, 3.8) is 0 Å². The van der Waals surface area contributed by atoms with Gasteiger partial charge in [-0.15, -0.1) is 0 Å². The molecule has 3 N–H and O–H groups in total. The molecule has 0 unspecified atom stereocenters. The van der Waals surface area contributed by atoms with Gasteiger partial charge in [0.25, 0.3) is 5.91 Å². The summed E-state index contributed by atoms with van der Waals surface area (Å²) < 4.78 is 0. The van der Waals surface area contributed by atoms with E-state index in [1.54, 1.807) is 6.07 Å². The lowest BCUT2D eigenvalue weighted by molar-refractivity contribution is -0.114. The summed E-state index contributed by atoms with van der Waals surface area (Å²) in [7, 11) is 2.15. The number of likely N-dealkylation sites (N-methyl/N-ethyl adjacent to an activating group) is 1. The smallest absolute Gasteiger partial charge is 0.261 e. The number of aryl methyl sites for hydroxylation is 2. The number of nitrogens with zero attached hydrogens (tertiary/aromatic N) is 4. The highest BCUT2D eigenvalue weighted by Gasteiger charge is 2.20. The molecule has 0 saturated carbocycles. The van der Waals surface area contributed by atoms with E-state index in [1.165, 1.54) is 18.0 Å². The molecule has 1 aliphatic rings. The number of carbonyl (C=O) groups excluding carboxylic acids is 2. The van der Waals surface area contributed by atoms with E-state index in [2.05, 4.69) is 63.4 Å². The van der Waals surface area contributed by atoms with E-state index in [9.17, 15) is 9.59 Å². The molecule has 2 heterocycles. The Labute approximate surface area is 263 Å². The number of piperazine rings is 1. The standard InChI is InChI=1S/C34H36ClN7O2/c1-5-26(43)20-24-10-6-7-12-29(24)38-32-27(33(44)39-31-22(2)9-8-11-28(31)35)21-36-34(40-32)37-25-13-14-30(23(3)19-25)42-17-15-41(4)16-18-42/h5-14,19,21H,1,15-18,20H2,2-4H3,(H,39,44)(H2,36,37,38,40). The van der Waals surface area contributed by atoms with Crippen LogP contribution in [0.2, 0.25) is 5.02 Å². The Balaban J connectivity index is 1.45. The fourth-order valence-electron chi connectivity index (χ4n) is 5.12. The van der Waals surface area contributed by atoms with Crippen molar-refractivity contribution < 1.29 is 9.59 Å². The fraction of sp³-hybridized carbons (Fsp3) is 0.235. The minimum atomic E-state index is -0.428. The van der Waals surface area contributed by atoms with Crippen LogP contribution in [0.5, 0.6) is 0 Å². The van der Waals surface area contributed by atoms with Crippen molar-refractivity contribution in [2.75, 3.05) is 54.1 Å². The quantitative estimate of drug-likeness (QED) is 0.174. The molecule has 0 bridgehead atoms. The van der Waals surface area contributed by atoms with E-state index < -0.39 is 5.91 Å². The first-order chi connectivity index (χ1) is 21.2. The van der Waals surface area contributed by atoms with Gasteiger partial charge in [0.1, 0.15) is 11.4 Å². The van der Waals surface area contributed by atoms with Crippen LogP contribution in [0.3, 0.4) is 0 Å². The van der Waals surface area contributed by atoms with E-state index in [1.807, 2.05) is 49.4 Å². The maximum atomic E-state index is 13.6. The largest absolute Gasteiger partial charge is 0.369 e. The van der Waals surface area contributed by atoms with Crippen molar-refractivity contribution in [2.24, 2.45) is 0 Å². The van der Waals surface area contributed by atoms with Gasteiger partial charge in [-0.1, -0.05) is 48.5 Å². The van der Waals surface area contributed by atoms with Crippen molar-refractivity contribution >= 4 is 57.8 Å². The summed E-state index contributed by atoms with van der Waals surface area (Å²) in [5.74, 6) is 0.0347. The molecule has 5 rings (SSSR count). The van der Waals surface area contributed by atoms with Gasteiger partial charge in [0.15, 0.2) is 5.78 Å². The third kappa shape index (κ3) is 7.24. The van der Waals surface area contributed by atoms with Crippen LogP contribution in [0.25, 0.3) is 0 Å². The Bertz CT molecular complexity index is 1680. The second-order valence-electron chi connectivity index (χ2n) is 10.9. The van der Waals surface area contributed by atoms with Gasteiger partial charge in [0, 0.05) is 55.9 Å². The lowest BCUT2D eigenvalue weighted by atomic mass is 10.1. The first kappa shape index (κ1) is 30.7. The molecule has 4 aromatic rings. The monoisotopic (exact) mass is 609 g/mol. The van der Waals surface area contributed by atoms with E-state index >= 15 is 0 Å². The number of nitrogens with one attached hydrogen (secondary N) is 3. The van der Waals surface area contributed by atoms with Crippen molar-refractivity contribution in [1.29, 1.82) is 0 Å². The summed E-state index contributed by atoms with van der Waals surface area (Å²) in [5.41, 5.74) is 6.11. The topological polar surface area (TPSA) is 102 Å². The molecule has 44 heavy (non-hydrogen) atoms. The molecular formula is C34H36ClN7O2. The SMILES string of the molecule is C=CC(=O)Cc1ccccc1Nc1nc(Nc2ccc(N3CCN(C)CC3)c(C)c2)ncc1C(=O)Nc1c(C)cccc1Cl. The van der Waals surface area contributed by atoms with E-state index in [0.717, 1.165) is 48.6 Å². The molecule has 1 fully saturated rings. The molecule has 9 nitrogen and oxygen atoms in total. The summed E-state index contributed by atoms with van der Waals surface area (Å²) in [6.07, 6.45) is 2.93. The van der Waals surface area contributed by atoms with Gasteiger partial charge in [-0.05, 0) is 74.0 Å². The number of anilines is 6. The summed E-state index contributed by atoms with van der Waals surface area (Å²) in [5, 5.41) is 9.90. The van der Waals surface area contributed by atoms with E-state index in [0.29, 0.717) is 22.3 Å². The summed E-state index contributed by atoms with van der Waals surface area (Å²) in [6.45, 7) is 11.6. The van der Waals surface area contributed by atoms with Crippen LogP contribution >= 0.6 is 11.6 Å². The number of carbonyl (C=O) groups is 2. The van der Waals surface area contributed by atoms with Crippen LogP contribution in [-0.4, -0.2) is 59.8 Å². The normalized spacial score (nSPS) is 13.3. The van der Waals surface area contributed by atoms with Gasteiger partial charge in [0.2, 0.25) is 5.95 Å². The number of benzene rings is 3. The van der Waals surface area contributed by atoms with Crippen molar-refractivity contribution in [3.05, 3.63) is 107 Å². The Morgan fingerprint density at radius 2 is 1.75 bits per heavy atom. The Hall–Kier alpha value is -4.73. The molecule has 226 valence electrons. The summed E-state index contributed by atoms with van der Waals surface area (Å²) in [6, 6.07) is 19.0. The van der Waals surface area contributed by atoms with Gasteiger partial charge in [-0.25, -0.2) is 4.98 Å². The van der Waals surface area contributed by atoms with Gasteiger partial charge in [-0.2, -0.15) is 4.98 Å². The van der Waals surface area contributed by atoms with Crippen LogP contribution in [-0.2, 0) is 11.2 Å². The number of aromatic nitrogens is 2. The average molecular weight is 610 g/mol. The number of amides is 1. The molecule has 1 amide bonds. The predicted molar refractivity (Wildman–Crippen MR) is 179 cm³/mol. The first-order valence-corrected chi connectivity index (χ1v) is 14.8. The minimum Gasteiger partial charge on any atom is -0.369 e. The molecular weight excluding hydrogens is 574 g/mol. The zero-order chi connectivity index (χ0) is 31.2. The van der Waals surface area contributed by atoms with E-state index in [-0.39, 0.29) is 23.6 Å². The minimum absolute atomic E-state index is 0.119. The molecule has 0 spiro atoms.